The summed E-state index contributed by atoms with van der Waals surface area (Å²) in [6.07, 6.45) is 4.23. The molecule has 1 aliphatic rings. The SMILES string of the molecule is CCN1CCC(CNC(=O)c2cnccc2Cl)C1. The number of carbonyl (C=O) groups is 1. The van der Waals surface area contributed by atoms with Gasteiger partial charge in [-0.2, -0.15) is 0 Å². The molecule has 1 aromatic heterocycles. The number of hydrogen-bond donors (Lipinski definition) is 1. The maximum Gasteiger partial charge on any atom is 0.254 e. The maximum atomic E-state index is 11.9. The molecule has 1 N–H and O–H groups in total. The number of halogens is 1. The molecule has 1 fully saturated rings. The Bertz CT molecular complexity index is 424. The van der Waals surface area contributed by atoms with Crippen LogP contribution in [0.5, 0.6) is 0 Å². The summed E-state index contributed by atoms with van der Waals surface area (Å²) in [5.74, 6) is 0.410. The topological polar surface area (TPSA) is 45.2 Å². The van der Waals surface area contributed by atoms with Crippen LogP contribution < -0.4 is 5.32 Å². The predicted octanol–water partition coefficient (Wildman–Crippen LogP) is 1.81. The van der Waals surface area contributed by atoms with Crippen molar-refractivity contribution >= 4 is 17.5 Å². The van der Waals surface area contributed by atoms with Crippen molar-refractivity contribution in [2.45, 2.75) is 13.3 Å². The first-order valence-corrected chi connectivity index (χ1v) is 6.68. The normalized spacial score (nSPS) is 20.0. The molecule has 1 saturated heterocycles. The van der Waals surface area contributed by atoms with Crippen molar-refractivity contribution in [3.05, 3.63) is 29.0 Å². The van der Waals surface area contributed by atoms with E-state index < -0.39 is 0 Å². The van der Waals surface area contributed by atoms with Crippen molar-refractivity contribution < 1.29 is 4.79 Å². The highest BCUT2D eigenvalue weighted by atomic mass is 35.5. The van der Waals surface area contributed by atoms with Crippen LogP contribution in [0.3, 0.4) is 0 Å². The average Bonchev–Trinajstić information content (AvgIpc) is 2.84. The van der Waals surface area contributed by atoms with Crippen molar-refractivity contribution in [2.24, 2.45) is 5.92 Å². The van der Waals surface area contributed by atoms with Crippen LogP contribution >= 0.6 is 11.6 Å². The molecule has 1 atom stereocenters. The Morgan fingerprint density at radius 3 is 3.17 bits per heavy atom. The molecule has 4 nitrogen and oxygen atoms in total. The van der Waals surface area contributed by atoms with E-state index in [4.69, 9.17) is 11.6 Å². The highest BCUT2D eigenvalue weighted by Gasteiger charge is 2.21. The smallest absolute Gasteiger partial charge is 0.254 e. The molecule has 1 amide bonds. The second-order valence-corrected chi connectivity index (χ2v) is 5.02. The Balaban J connectivity index is 1.84. The molecule has 18 heavy (non-hydrogen) atoms. The van der Waals surface area contributed by atoms with Crippen molar-refractivity contribution in [1.29, 1.82) is 0 Å². The molecule has 0 aliphatic carbocycles. The quantitative estimate of drug-likeness (QED) is 0.905. The number of likely N-dealkylation sites (tertiary alicyclic amines) is 1. The van der Waals surface area contributed by atoms with E-state index in [1.165, 1.54) is 6.20 Å². The van der Waals surface area contributed by atoms with Crippen LogP contribution in [-0.4, -0.2) is 42.0 Å². The summed E-state index contributed by atoms with van der Waals surface area (Å²) >= 11 is 5.95. The lowest BCUT2D eigenvalue weighted by atomic mass is 10.1. The van der Waals surface area contributed by atoms with E-state index in [2.05, 4.69) is 22.1 Å². The van der Waals surface area contributed by atoms with Gasteiger partial charge in [-0.15, -0.1) is 0 Å². The Hall–Kier alpha value is -1.13. The Morgan fingerprint density at radius 2 is 2.50 bits per heavy atom. The number of hydrogen-bond acceptors (Lipinski definition) is 3. The van der Waals surface area contributed by atoms with E-state index in [1.807, 2.05) is 0 Å². The van der Waals surface area contributed by atoms with Gasteiger partial charge in [0.1, 0.15) is 0 Å². The Morgan fingerprint density at radius 1 is 1.67 bits per heavy atom. The fraction of sp³-hybridized carbons (Fsp3) is 0.538. The minimum Gasteiger partial charge on any atom is -0.352 e. The summed E-state index contributed by atoms with van der Waals surface area (Å²) in [5, 5.41) is 3.38. The number of amides is 1. The largest absolute Gasteiger partial charge is 0.352 e. The molecule has 1 aliphatic heterocycles. The van der Waals surface area contributed by atoms with Crippen LogP contribution in [0.1, 0.15) is 23.7 Å². The van der Waals surface area contributed by atoms with Crippen LogP contribution in [0.4, 0.5) is 0 Å². The van der Waals surface area contributed by atoms with Gasteiger partial charge in [0.15, 0.2) is 0 Å². The number of rotatable bonds is 4. The number of nitrogens with zero attached hydrogens (tertiary/aromatic N) is 2. The molecule has 0 bridgehead atoms. The summed E-state index contributed by atoms with van der Waals surface area (Å²) in [5.41, 5.74) is 0.449. The lowest BCUT2D eigenvalue weighted by Gasteiger charge is -2.13. The molecule has 0 saturated carbocycles. The second kappa shape index (κ2) is 6.16. The lowest BCUT2D eigenvalue weighted by molar-refractivity contribution is 0.0947. The fourth-order valence-corrected chi connectivity index (χ4v) is 2.43. The highest BCUT2D eigenvalue weighted by molar-refractivity contribution is 6.33. The van der Waals surface area contributed by atoms with Gasteiger partial charge in [0.05, 0.1) is 10.6 Å². The van der Waals surface area contributed by atoms with Crippen molar-refractivity contribution in [3.63, 3.8) is 0 Å². The third-order valence-corrected chi connectivity index (χ3v) is 3.71. The molecule has 0 aromatic carbocycles. The minimum absolute atomic E-state index is 0.136. The van der Waals surface area contributed by atoms with E-state index in [1.54, 1.807) is 12.3 Å². The van der Waals surface area contributed by atoms with Gasteiger partial charge in [-0.05, 0) is 31.5 Å². The van der Waals surface area contributed by atoms with Gasteiger partial charge in [-0.25, -0.2) is 0 Å². The third-order valence-electron chi connectivity index (χ3n) is 3.38. The molecule has 2 rings (SSSR count). The van der Waals surface area contributed by atoms with Gasteiger partial charge in [-0.1, -0.05) is 18.5 Å². The fourth-order valence-electron chi connectivity index (χ4n) is 2.24. The van der Waals surface area contributed by atoms with E-state index in [0.29, 0.717) is 23.0 Å². The molecule has 5 heteroatoms. The first-order valence-electron chi connectivity index (χ1n) is 6.30. The summed E-state index contributed by atoms with van der Waals surface area (Å²) < 4.78 is 0. The Labute approximate surface area is 112 Å². The molecule has 2 heterocycles. The molecular formula is C13H18ClN3O. The molecule has 0 spiro atoms. The van der Waals surface area contributed by atoms with E-state index in [-0.39, 0.29) is 5.91 Å². The van der Waals surface area contributed by atoms with Crippen molar-refractivity contribution in [2.75, 3.05) is 26.2 Å². The highest BCUT2D eigenvalue weighted by Crippen LogP contribution is 2.16. The zero-order valence-electron chi connectivity index (χ0n) is 10.5. The van der Waals surface area contributed by atoms with Crippen molar-refractivity contribution in [3.8, 4) is 0 Å². The zero-order chi connectivity index (χ0) is 13.0. The van der Waals surface area contributed by atoms with Gasteiger partial charge in [0.25, 0.3) is 5.91 Å². The Kier molecular flexibility index (Phi) is 4.55. The van der Waals surface area contributed by atoms with Gasteiger partial charge in [-0.3, -0.25) is 9.78 Å². The van der Waals surface area contributed by atoms with Crippen molar-refractivity contribution in [1.82, 2.24) is 15.2 Å². The molecule has 1 unspecified atom stereocenters. The summed E-state index contributed by atoms with van der Waals surface area (Å²) in [6.45, 7) is 6.15. The number of carbonyl (C=O) groups excluding carboxylic acids is 1. The standard InChI is InChI=1S/C13H18ClN3O/c1-2-17-6-4-10(9-17)7-16-13(18)11-8-15-5-3-12(11)14/h3,5,8,10H,2,4,6-7,9H2,1H3,(H,16,18). The average molecular weight is 268 g/mol. The first kappa shape index (κ1) is 13.3. The molecule has 1 aromatic rings. The molecule has 98 valence electrons. The van der Waals surface area contributed by atoms with Gasteiger partial charge < -0.3 is 10.2 Å². The maximum absolute atomic E-state index is 11.9. The van der Waals surface area contributed by atoms with E-state index in [0.717, 1.165) is 26.1 Å². The van der Waals surface area contributed by atoms with E-state index >= 15 is 0 Å². The van der Waals surface area contributed by atoms with Crippen LogP contribution in [0, 0.1) is 5.92 Å². The first-order chi connectivity index (χ1) is 8.70. The third kappa shape index (κ3) is 3.21. The summed E-state index contributed by atoms with van der Waals surface area (Å²) in [6, 6.07) is 1.63. The summed E-state index contributed by atoms with van der Waals surface area (Å²) in [7, 11) is 0. The zero-order valence-corrected chi connectivity index (χ0v) is 11.3. The van der Waals surface area contributed by atoms with Gasteiger partial charge in [0.2, 0.25) is 0 Å². The van der Waals surface area contributed by atoms with Crippen LogP contribution in [0.15, 0.2) is 18.5 Å². The van der Waals surface area contributed by atoms with Gasteiger partial charge >= 0.3 is 0 Å². The van der Waals surface area contributed by atoms with Crippen LogP contribution in [0.2, 0.25) is 5.02 Å². The van der Waals surface area contributed by atoms with Crippen LogP contribution in [-0.2, 0) is 0 Å². The molecule has 0 radical (unpaired) electrons. The number of pyridine rings is 1. The molecular weight excluding hydrogens is 250 g/mol. The number of aromatic nitrogens is 1. The van der Waals surface area contributed by atoms with Crippen LogP contribution in [0.25, 0.3) is 0 Å². The summed E-state index contributed by atoms with van der Waals surface area (Å²) in [4.78, 5) is 18.2. The predicted molar refractivity (Wildman–Crippen MR) is 71.8 cm³/mol. The minimum atomic E-state index is -0.136. The lowest BCUT2D eigenvalue weighted by Crippen LogP contribution is -2.31. The number of nitrogens with one attached hydrogen (secondary N) is 1. The van der Waals surface area contributed by atoms with E-state index in [9.17, 15) is 4.79 Å². The second-order valence-electron chi connectivity index (χ2n) is 4.61. The van der Waals surface area contributed by atoms with Gasteiger partial charge in [0, 0.05) is 25.5 Å². The monoisotopic (exact) mass is 267 g/mol.